The second-order valence-corrected chi connectivity index (χ2v) is 6.19. The van der Waals surface area contributed by atoms with Crippen LogP contribution in [0.25, 0.3) is 10.2 Å². The molecule has 26 heavy (non-hydrogen) atoms. The molecule has 0 bridgehead atoms. The molecule has 0 fully saturated rings. The molecule has 0 saturated heterocycles. The molecule has 3 aromatic rings. The molecule has 1 aromatic carbocycles. The van der Waals surface area contributed by atoms with Crippen molar-refractivity contribution < 1.29 is 14.3 Å². The van der Waals surface area contributed by atoms with E-state index in [0.29, 0.717) is 17.0 Å². The van der Waals surface area contributed by atoms with E-state index in [1.807, 2.05) is 0 Å². The second-order valence-electron chi connectivity index (χ2n) is 5.18. The lowest BCUT2D eigenvalue weighted by Gasteiger charge is -2.03. The molecule has 2 heterocycles. The largest absolute Gasteiger partial charge is 0.462 e. The Hall–Kier alpha value is -3.25. The molecule has 2 aromatic heterocycles. The zero-order chi connectivity index (χ0) is 18.5. The second kappa shape index (κ2) is 7.76. The van der Waals surface area contributed by atoms with E-state index < -0.39 is 5.97 Å². The molecule has 0 atom stereocenters. The number of ether oxygens (including phenoxy) is 1. The number of hydrogen-bond acceptors (Lipinski definition) is 6. The van der Waals surface area contributed by atoms with Crippen molar-refractivity contribution in [2.45, 2.75) is 20.0 Å². The molecule has 8 nitrogen and oxygen atoms in total. The van der Waals surface area contributed by atoms with Gasteiger partial charge in [0.2, 0.25) is 0 Å². The first-order chi connectivity index (χ1) is 12.6. The summed E-state index contributed by atoms with van der Waals surface area (Å²) < 4.78 is 8.96. The van der Waals surface area contributed by atoms with Gasteiger partial charge in [-0.2, -0.15) is 10.1 Å². The van der Waals surface area contributed by atoms with Crippen LogP contribution in [0.15, 0.2) is 35.8 Å². The van der Waals surface area contributed by atoms with Gasteiger partial charge in [-0.3, -0.25) is 4.79 Å². The van der Waals surface area contributed by atoms with Crippen molar-refractivity contribution >= 4 is 33.4 Å². The van der Waals surface area contributed by atoms with Crippen LogP contribution in [-0.2, 0) is 22.6 Å². The fourth-order valence-corrected chi connectivity index (χ4v) is 3.42. The molecule has 0 aliphatic carbocycles. The molecular formula is C17H15N5O3S. The molecule has 0 unspecified atom stereocenters. The third-order valence-corrected chi connectivity index (χ3v) is 4.47. The van der Waals surface area contributed by atoms with E-state index in [1.54, 1.807) is 29.7 Å². The first-order valence-electron chi connectivity index (χ1n) is 7.76. The zero-order valence-corrected chi connectivity index (χ0v) is 14.8. The highest BCUT2D eigenvalue weighted by Crippen LogP contribution is 2.20. The Morgan fingerprint density at radius 1 is 1.42 bits per heavy atom. The monoisotopic (exact) mass is 369 g/mol. The lowest BCUT2D eigenvalue weighted by Crippen LogP contribution is -2.18. The molecule has 9 heteroatoms. The van der Waals surface area contributed by atoms with Crippen molar-refractivity contribution in [3.8, 4) is 12.3 Å². The Labute approximate surface area is 152 Å². The van der Waals surface area contributed by atoms with Crippen molar-refractivity contribution in [2.75, 3.05) is 6.61 Å². The summed E-state index contributed by atoms with van der Waals surface area (Å²) in [6.07, 6.45) is 8.24. The Morgan fingerprint density at radius 2 is 2.27 bits per heavy atom. The maximum absolute atomic E-state index is 12.2. The third kappa shape index (κ3) is 3.70. The fraction of sp³-hybridized carbons (Fsp3) is 0.235. The lowest BCUT2D eigenvalue weighted by atomic mass is 10.2. The summed E-state index contributed by atoms with van der Waals surface area (Å²) in [5.41, 5.74) is 1.24. The maximum atomic E-state index is 12.2. The van der Waals surface area contributed by atoms with E-state index in [1.165, 1.54) is 28.7 Å². The van der Waals surface area contributed by atoms with Gasteiger partial charge >= 0.3 is 5.97 Å². The van der Waals surface area contributed by atoms with Crippen LogP contribution in [0.2, 0.25) is 0 Å². The molecule has 0 radical (unpaired) electrons. The van der Waals surface area contributed by atoms with Gasteiger partial charge in [-0.05, 0) is 25.1 Å². The number of terminal acetylenes is 1. The number of esters is 1. The van der Waals surface area contributed by atoms with Crippen molar-refractivity contribution in [1.29, 1.82) is 0 Å². The van der Waals surface area contributed by atoms with E-state index in [9.17, 15) is 9.59 Å². The Bertz CT molecular complexity index is 1060. The number of thiazole rings is 1. The van der Waals surface area contributed by atoms with E-state index in [0.717, 1.165) is 10.2 Å². The highest BCUT2D eigenvalue weighted by Gasteiger charge is 2.12. The summed E-state index contributed by atoms with van der Waals surface area (Å²) in [6.45, 7) is 2.29. The van der Waals surface area contributed by atoms with Crippen LogP contribution in [0, 0.1) is 12.3 Å². The minimum Gasteiger partial charge on any atom is -0.462 e. The minimum atomic E-state index is -0.396. The summed E-state index contributed by atoms with van der Waals surface area (Å²) in [6, 6.07) is 5.16. The Morgan fingerprint density at radius 3 is 2.96 bits per heavy atom. The SMILES string of the molecule is C#CCn1c(=NC(=O)Cn2cncn2)sc2cc(C(=O)OCC)ccc21. The molecule has 132 valence electrons. The lowest BCUT2D eigenvalue weighted by molar-refractivity contribution is -0.118. The standard InChI is InChI=1S/C17H15N5O3S/c1-3-7-22-13-6-5-12(16(24)25-4-2)8-14(13)26-17(22)20-15(23)9-21-11-18-10-19-21/h1,5-6,8,10-11H,4,7,9H2,2H3. The van der Waals surface area contributed by atoms with Crippen molar-refractivity contribution in [2.24, 2.45) is 4.99 Å². The number of amides is 1. The summed E-state index contributed by atoms with van der Waals surface area (Å²) in [4.78, 5) is 32.5. The quantitative estimate of drug-likeness (QED) is 0.498. The molecule has 3 rings (SSSR count). The van der Waals surface area contributed by atoms with E-state index >= 15 is 0 Å². The maximum Gasteiger partial charge on any atom is 0.338 e. The predicted molar refractivity (Wildman–Crippen MR) is 95.2 cm³/mol. The summed E-state index contributed by atoms with van der Waals surface area (Å²) in [5.74, 6) is 1.79. The molecule has 1 amide bonds. The molecule has 0 aliphatic heterocycles. The van der Waals surface area contributed by atoms with Gasteiger partial charge in [-0.25, -0.2) is 14.5 Å². The average molecular weight is 369 g/mol. The number of carbonyl (C=O) groups is 2. The number of rotatable bonds is 5. The Kier molecular flexibility index (Phi) is 5.24. The summed E-state index contributed by atoms with van der Waals surface area (Å²) in [5, 5.41) is 3.89. The van der Waals surface area contributed by atoms with Gasteiger partial charge in [-0.1, -0.05) is 17.3 Å². The summed E-state index contributed by atoms with van der Waals surface area (Å²) in [7, 11) is 0. The van der Waals surface area contributed by atoms with Crippen LogP contribution < -0.4 is 4.80 Å². The van der Waals surface area contributed by atoms with Gasteiger partial charge in [0.05, 0.1) is 28.9 Å². The van der Waals surface area contributed by atoms with E-state index in [-0.39, 0.29) is 19.0 Å². The smallest absolute Gasteiger partial charge is 0.338 e. The van der Waals surface area contributed by atoms with Gasteiger partial charge < -0.3 is 9.30 Å². The number of aromatic nitrogens is 4. The topological polar surface area (TPSA) is 91.4 Å². The normalized spacial score (nSPS) is 11.5. The number of carbonyl (C=O) groups excluding carboxylic acids is 2. The zero-order valence-electron chi connectivity index (χ0n) is 14.0. The van der Waals surface area contributed by atoms with Gasteiger partial charge in [0, 0.05) is 0 Å². The van der Waals surface area contributed by atoms with Crippen molar-refractivity contribution in [3.63, 3.8) is 0 Å². The van der Waals surface area contributed by atoms with Crippen molar-refractivity contribution in [3.05, 3.63) is 41.2 Å². The summed E-state index contributed by atoms with van der Waals surface area (Å²) >= 11 is 1.28. The first kappa shape index (κ1) is 17.6. The van der Waals surface area contributed by atoms with Gasteiger partial charge in [0.1, 0.15) is 19.2 Å². The van der Waals surface area contributed by atoms with Crippen LogP contribution in [0.3, 0.4) is 0 Å². The number of hydrogen-bond donors (Lipinski definition) is 0. The van der Waals surface area contributed by atoms with Crippen LogP contribution in [0.4, 0.5) is 0 Å². The van der Waals surface area contributed by atoms with Gasteiger partial charge in [0.25, 0.3) is 5.91 Å². The molecule has 0 aliphatic rings. The molecule has 0 saturated carbocycles. The molecule has 0 spiro atoms. The first-order valence-corrected chi connectivity index (χ1v) is 8.58. The van der Waals surface area contributed by atoms with Gasteiger partial charge in [0.15, 0.2) is 4.80 Å². The van der Waals surface area contributed by atoms with Crippen LogP contribution in [0.5, 0.6) is 0 Å². The predicted octanol–water partition coefficient (Wildman–Crippen LogP) is 1.23. The van der Waals surface area contributed by atoms with Crippen LogP contribution in [-0.4, -0.2) is 37.8 Å². The molecular weight excluding hydrogens is 354 g/mol. The van der Waals surface area contributed by atoms with Crippen LogP contribution >= 0.6 is 11.3 Å². The number of fused-ring (bicyclic) bond motifs is 1. The fourth-order valence-electron chi connectivity index (χ4n) is 2.34. The van der Waals surface area contributed by atoms with Gasteiger partial charge in [-0.15, -0.1) is 6.42 Å². The molecule has 0 N–H and O–H groups in total. The third-order valence-electron chi connectivity index (χ3n) is 3.43. The average Bonchev–Trinajstić information content (AvgIpc) is 3.23. The highest BCUT2D eigenvalue weighted by molar-refractivity contribution is 7.16. The minimum absolute atomic E-state index is 0.0155. The number of nitrogens with zero attached hydrogens (tertiary/aromatic N) is 5. The van der Waals surface area contributed by atoms with Crippen molar-refractivity contribution in [1.82, 2.24) is 19.3 Å². The highest BCUT2D eigenvalue weighted by atomic mass is 32.1. The van der Waals surface area contributed by atoms with Crippen LogP contribution in [0.1, 0.15) is 17.3 Å². The Balaban J connectivity index is 2.02. The van der Waals surface area contributed by atoms with E-state index in [2.05, 4.69) is 21.0 Å². The number of benzene rings is 1. The van der Waals surface area contributed by atoms with E-state index in [4.69, 9.17) is 11.2 Å².